The van der Waals surface area contributed by atoms with Gasteiger partial charge in [-0.3, -0.25) is 18.9 Å². The third-order valence-corrected chi connectivity index (χ3v) is 8.02. The minimum Gasteiger partial charge on any atom is -0.476 e. The number of carbonyl (C=O) groups excluding carboxylic acids is 1. The van der Waals surface area contributed by atoms with Crippen molar-refractivity contribution in [3.05, 3.63) is 57.4 Å². The fourth-order valence-corrected chi connectivity index (χ4v) is 5.81. The summed E-state index contributed by atoms with van der Waals surface area (Å²) in [7, 11) is 1.51. The number of aliphatic hydroxyl groups is 1. The van der Waals surface area contributed by atoms with Crippen LogP contribution in [-0.4, -0.2) is 63.5 Å². The van der Waals surface area contributed by atoms with Gasteiger partial charge in [-0.2, -0.15) is 15.5 Å². The molecule has 47 heavy (non-hydrogen) atoms. The standard InChI is InChI=1S/C31H29FN10O5/c1-14-36-39-28-31(7-8-31)46-25-16(11-33)22(18(32)10-21(25)42(14)28)24-17(12-34-41(24)6)19-9-15-20(13-43)37-38-27(44)23(15)26(35-19)40(5)29(45)47-30(2,3)4/h9-10,12,43H,7-8,13H2,1-6H3,(H,38,44)/i5D3. The molecule has 1 aliphatic carbocycles. The molecule has 7 rings (SSSR count). The van der Waals surface area contributed by atoms with Crippen LogP contribution in [0.3, 0.4) is 0 Å². The second-order valence-electron chi connectivity index (χ2n) is 12.3. The Kier molecular flexibility index (Phi) is 5.73. The third-order valence-electron chi connectivity index (χ3n) is 8.02. The van der Waals surface area contributed by atoms with E-state index in [2.05, 4.69) is 36.5 Å². The van der Waals surface area contributed by atoms with E-state index >= 15 is 4.39 Å². The van der Waals surface area contributed by atoms with E-state index in [9.17, 15) is 20.0 Å². The van der Waals surface area contributed by atoms with Crippen LogP contribution in [0.1, 0.15) is 60.6 Å². The number of pyridine rings is 1. The van der Waals surface area contributed by atoms with E-state index in [1.165, 1.54) is 50.8 Å². The first-order valence-corrected chi connectivity index (χ1v) is 14.5. The topological polar surface area (TPSA) is 190 Å². The molecule has 16 heteroatoms. The van der Waals surface area contributed by atoms with Gasteiger partial charge in [-0.25, -0.2) is 19.3 Å². The van der Waals surface area contributed by atoms with Crippen LogP contribution in [0.25, 0.3) is 39.0 Å². The highest BCUT2D eigenvalue weighted by Crippen LogP contribution is 2.55. The maximum Gasteiger partial charge on any atom is 0.415 e. The second-order valence-corrected chi connectivity index (χ2v) is 12.3. The number of benzene rings is 1. The number of H-pyrrole nitrogens is 1. The van der Waals surface area contributed by atoms with Gasteiger partial charge in [0.25, 0.3) is 5.56 Å². The average Bonchev–Trinajstić information content (AvgIpc) is 3.51. The monoisotopic (exact) mass is 643 g/mol. The van der Waals surface area contributed by atoms with Crippen molar-refractivity contribution in [1.82, 2.24) is 39.7 Å². The summed E-state index contributed by atoms with van der Waals surface area (Å²) >= 11 is 0. The normalized spacial score (nSPS) is 15.6. The molecule has 0 unspecified atom stereocenters. The second kappa shape index (κ2) is 10.2. The highest BCUT2D eigenvalue weighted by molar-refractivity contribution is 6.02. The minimum atomic E-state index is -3.22. The average molecular weight is 644 g/mol. The van der Waals surface area contributed by atoms with Crippen molar-refractivity contribution in [3.63, 3.8) is 0 Å². The van der Waals surface area contributed by atoms with E-state index in [1.807, 2.05) is 0 Å². The largest absolute Gasteiger partial charge is 0.476 e. The lowest BCUT2D eigenvalue weighted by molar-refractivity contribution is 0.0588. The molecule has 0 radical (unpaired) electrons. The first kappa shape index (κ1) is 26.5. The molecular weight excluding hydrogens is 611 g/mol. The van der Waals surface area contributed by atoms with E-state index in [-0.39, 0.29) is 60.9 Å². The summed E-state index contributed by atoms with van der Waals surface area (Å²) in [6.07, 6.45) is 1.20. The number of amides is 1. The lowest BCUT2D eigenvalue weighted by atomic mass is 9.96. The van der Waals surface area contributed by atoms with Gasteiger partial charge >= 0.3 is 6.09 Å². The Morgan fingerprint density at radius 1 is 1.34 bits per heavy atom. The fraction of sp³-hybridized carbons (Fsp3) is 0.355. The van der Waals surface area contributed by atoms with Crippen molar-refractivity contribution in [1.29, 1.82) is 5.26 Å². The van der Waals surface area contributed by atoms with Gasteiger partial charge in [0.2, 0.25) is 0 Å². The molecule has 5 aromatic rings. The zero-order valence-electron chi connectivity index (χ0n) is 28.8. The Balaban J connectivity index is 1.51. The van der Waals surface area contributed by atoms with Crippen LogP contribution in [0.4, 0.5) is 15.0 Å². The molecule has 1 saturated carbocycles. The van der Waals surface area contributed by atoms with Gasteiger partial charge in [0.05, 0.1) is 46.5 Å². The van der Waals surface area contributed by atoms with E-state index in [4.69, 9.17) is 13.6 Å². The van der Waals surface area contributed by atoms with Crippen LogP contribution in [0.5, 0.6) is 5.75 Å². The maximum absolute atomic E-state index is 16.5. The van der Waals surface area contributed by atoms with Gasteiger partial charge in [0, 0.05) is 35.2 Å². The van der Waals surface area contributed by atoms with Crippen molar-refractivity contribution in [2.45, 2.75) is 58.3 Å². The zero-order valence-corrected chi connectivity index (χ0v) is 25.8. The zero-order chi connectivity index (χ0) is 36.1. The molecule has 1 aromatic carbocycles. The minimum absolute atomic E-state index is 0.0421. The Labute approximate surface area is 270 Å². The summed E-state index contributed by atoms with van der Waals surface area (Å²) in [6.45, 7) is 2.40. The predicted molar refractivity (Wildman–Crippen MR) is 164 cm³/mol. The van der Waals surface area contributed by atoms with Crippen molar-refractivity contribution in [2.75, 3.05) is 11.9 Å². The SMILES string of the molecule is [2H]C([2H])([2H])N(C(=O)OC(C)(C)C)c1nc(-c2cnn(C)c2-c2c(F)cc3c(c2C#N)OC2(CC2)c2nnc(C)n2-3)cc2c(CO)n[nH]c(=O)c12. The number of nitrogens with zero attached hydrogens (tertiary/aromatic N) is 9. The predicted octanol–water partition coefficient (Wildman–Crippen LogP) is 3.53. The van der Waals surface area contributed by atoms with Gasteiger partial charge in [0.1, 0.15) is 28.9 Å². The summed E-state index contributed by atoms with van der Waals surface area (Å²) in [5.41, 5.74) is -3.00. The number of aromatic amines is 1. The smallest absolute Gasteiger partial charge is 0.415 e. The molecule has 1 amide bonds. The summed E-state index contributed by atoms with van der Waals surface area (Å²) in [6, 6.07) is 4.64. The van der Waals surface area contributed by atoms with Crippen molar-refractivity contribution >= 4 is 22.7 Å². The Hall–Kier alpha value is -5.69. The molecule has 0 atom stereocenters. The Morgan fingerprint density at radius 3 is 2.77 bits per heavy atom. The van der Waals surface area contributed by atoms with Crippen LogP contribution in [0, 0.1) is 24.1 Å². The number of nitriles is 1. The molecular formula is C31H29FN10O5. The molecule has 0 saturated heterocycles. The van der Waals surface area contributed by atoms with E-state index in [0.717, 1.165) is 0 Å². The number of nitrogens with one attached hydrogen (secondary N) is 1. The number of halogens is 1. The highest BCUT2D eigenvalue weighted by atomic mass is 19.1. The maximum atomic E-state index is 16.5. The number of anilines is 1. The summed E-state index contributed by atoms with van der Waals surface area (Å²) in [5.74, 6) is -0.353. The van der Waals surface area contributed by atoms with E-state index in [0.29, 0.717) is 24.5 Å². The Bertz CT molecular complexity index is 2370. The number of aliphatic hydroxyl groups excluding tert-OH is 1. The molecule has 2 aliphatic rings. The lowest BCUT2D eigenvalue weighted by Gasteiger charge is -2.28. The van der Waals surface area contributed by atoms with Crippen molar-refractivity contribution in [3.8, 4) is 40.0 Å². The lowest BCUT2D eigenvalue weighted by Crippen LogP contribution is -2.35. The molecule has 240 valence electrons. The number of carbonyl (C=O) groups is 1. The number of rotatable bonds is 4. The van der Waals surface area contributed by atoms with Gasteiger partial charge < -0.3 is 14.6 Å². The van der Waals surface area contributed by atoms with Gasteiger partial charge in [-0.15, -0.1) is 10.2 Å². The quantitative estimate of drug-likeness (QED) is 0.291. The molecule has 1 fully saturated rings. The van der Waals surface area contributed by atoms with E-state index < -0.39 is 48.1 Å². The first-order chi connectivity index (χ1) is 23.5. The Morgan fingerprint density at radius 2 is 2.11 bits per heavy atom. The number of hydrogen-bond acceptors (Lipinski definition) is 11. The van der Waals surface area contributed by atoms with Crippen LogP contribution >= 0.6 is 0 Å². The molecule has 5 heterocycles. The molecule has 2 N–H and O–H groups in total. The van der Waals surface area contributed by atoms with E-state index in [1.54, 1.807) is 11.5 Å². The van der Waals surface area contributed by atoms with Crippen LogP contribution in [0.15, 0.2) is 23.1 Å². The van der Waals surface area contributed by atoms with Gasteiger partial charge in [-0.1, -0.05) is 0 Å². The van der Waals surface area contributed by atoms with Crippen LogP contribution in [-0.2, 0) is 24.0 Å². The molecule has 4 aromatic heterocycles. The summed E-state index contributed by atoms with van der Waals surface area (Å²) in [5, 5.41) is 39.1. The molecule has 1 spiro atoms. The molecule has 0 bridgehead atoms. The first-order valence-electron chi connectivity index (χ1n) is 16.0. The van der Waals surface area contributed by atoms with Crippen LogP contribution < -0.4 is 15.2 Å². The van der Waals surface area contributed by atoms with Crippen molar-refractivity contribution in [2.24, 2.45) is 7.05 Å². The van der Waals surface area contributed by atoms with Crippen molar-refractivity contribution < 1.29 is 27.9 Å². The van der Waals surface area contributed by atoms with Crippen LogP contribution in [0.2, 0.25) is 0 Å². The number of aromatic nitrogens is 8. The number of hydrogen-bond donors (Lipinski definition) is 2. The number of fused-ring (bicyclic) bond motifs is 5. The molecule has 1 aliphatic heterocycles. The molecule has 15 nitrogen and oxygen atoms in total. The van der Waals surface area contributed by atoms with Gasteiger partial charge in [0.15, 0.2) is 23.0 Å². The number of aryl methyl sites for hydroxylation is 2. The number of ether oxygens (including phenoxy) is 2. The highest BCUT2D eigenvalue weighted by Gasteiger charge is 2.55. The fourth-order valence-electron chi connectivity index (χ4n) is 5.81. The summed E-state index contributed by atoms with van der Waals surface area (Å²) in [4.78, 5) is 31.5. The van der Waals surface area contributed by atoms with Gasteiger partial charge in [-0.05, 0) is 46.6 Å². The third kappa shape index (κ3) is 4.53. The summed E-state index contributed by atoms with van der Waals surface area (Å²) < 4.78 is 56.0.